The van der Waals surface area contributed by atoms with Gasteiger partial charge in [0.2, 0.25) is 0 Å². The lowest BCUT2D eigenvalue weighted by Gasteiger charge is -2.01. The van der Waals surface area contributed by atoms with Crippen LogP contribution in [0.25, 0.3) is 11.3 Å². The van der Waals surface area contributed by atoms with E-state index >= 15 is 0 Å². The molecule has 0 radical (unpaired) electrons. The standard InChI is InChI=1S/C15H18N2O2S/c1-19-8-7-16-10-13(18)9-15-17-14(11-20-15)12-5-3-2-4-6-12/h2-6,11,16H,7-10H2,1H3. The molecule has 106 valence electrons. The number of thiazole rings is 1. The molecule has 0 aliphatic carbocycles. The zero-order chi connectivity index (χ0) is 14.2. The van der Waals surface area contributed by atoms with Gasteiger partial charge < -0.3 is 10.1 Å². The van der Waals surface area contributed by atoms with Crippen LogP contribution in [0.5, 0.6) is 0 Å². The summed E-state index contributed by atoms with van der Waals surface area (Å²) in [5, 5.41) is 5.91. The molecule has 20 heavy (non-hydrogen) atoms. The maximum Gasteiger partial charge on any atom is 0.153 e. The number of rotatable bonds is 8. The van der Waals surface area contributed by atoms with Crippen molar-refractivity contribution in [3.8, 4) is 11.3 Å². The SMILES string of the molecule is COCCNCC(=O)Cc1nc(-c2ccccc2)cs1. The third kappa shape index (κ3) is 4.52. The fraction of sp³-hybridized carbons (Fsp3) is 0.333. The van der Waals surface area contributed by atoms with Crippen LogP contribution >= 0.6 is 11.3 Å². The van der Waals surface area contributed by atoms with Gasteiger partial charge in [-0.05, 0) is 0 Å². The van der Waals surface area contributed by atoms with Crippen molar-refractivity contribution in [2.45, 2.75) is 6.42 Å². The van der Waals surface area contributed by atoms with Gasteiger partial charge in [0.15, 0.2) is 5.78 Å². The number of nitrogens with one attached hydrogen (secondary N) is 1. The number of nitrogens with zero attached hydrogens (tertiary/aromatic N) is 1. The molecule has 0 saturated heterocycles. The fourth-order valence-corrected chi connectivity index (χ4v) is 2.60. The number of carbonyl (C=O) groups is 1. The van der Waals surface area contributed by atoms with E-state index in [1.54, 1.807) is 7.11 Å². The Labute approximate surface area is 122 Å². The predicted molar refractivity (Wildman–Crippen MR) is 81.0 cm³/mol. The number of carbonyl (C=O) groups excluding carboxylic acids is 1. The maximum absolute atomic E-state index is 11.8. The quantitative estimate of drug-likeness (QED) is 0.757. The highest BCUT2D eigenvalue weighted by Crippen LogP contribution is 2.21. The Balaban J connectivity index is 1.85. The molecule has 5 heteroatoms. The Hall–Kier alpha value is -1.56. The lowest BCUT2D eigenvalue weighted by Crippen LogP contribution is -2.27. The number of hydrogen-bond donors (Lipinski definition) is 1. The van der Waals surface area contributed by atoms with E-state index in [1.165, 1.54) is 11.3 Å². The van der Waals surface area contributed by atoms with E-state index < -0.39 is 0 Å². The van der Waals surface area contributed by atoms with Gasteiger partial charge in [-0.3, -0.25) is 4.79 Å². The van der Waals surface area contributed by atoms with Crippen LogP contribution in [0, 0.1) is 0 Å². The molecule has 1 heterocycles. The van der Waals surface area contributed by atoms with Crippen LogP contribution in [0.1, 0.15) is 5.01 Å². The van der Waals surface area contributed by atoms with Gasteiger partial charge in [0.05, 0.1) is 25.3 Å². The molecule has 0 spiro atoms. The zero-order valence-corrected chi connectivity index (χ0v) is 12.3. The average molecular weight is 290 g/mol. The van der Waals surface area contributed by atoms with Crippen LogP contribution in [-0.2, 0) is 16.0 Å². The molecule has 0 bridgehead atoms. The number of ether oxygens (including phenoxy) is 1. The first kappa shape index (κ1) is 14.8. The maximum atomic E-state index is 11.8. The molecule has 0 unspecified atom stereocenters. The minimum absolute atomic E-state index is 0.148. The van der Waals surface area contributed by atoms with Gasteiger partial charge in [-0.25, -0.2) is 4.98 Å². The Kier molecular flexibility index (Phi) is 5.86. The second-order valence-corrected chi connectivity index (χ2v) is 5.32. The fourth-order valence-electron chi connectivity index (χ4n) is 1.77. The van der Waals surface area contributed by atoms with Gasteiger partial charge in [-0.15, -0.1) is 11.3 Å². The number of ketones is 1. The average Bonchev–Trinajstić information content (AvgIpc) is 2.93. The number of benzene rings is 1. The number of hydrogen-bond acceptors (Lipinski definition) is 5. The van der Waals surface area contributed by atoms with Crippen molar-refractivity contribution in [2.24, 2.45) is 0 Å². The lowest BCUT2D eigenvalue weighted by atomic mass is 10.2. The molecule has 0 fully saturated rings. The van der Waals surface area contributed by atoms with Crippen molar-refractivity contribution < 1.29 is 9.53 Å². The van der Waals surface area contributed by atoms with E-state index in [4.69, 9.17) is 4.74 Å². The van der Waals surface area contributed by atoms with Gasteiger partial charge in [0.25, 0.3) is 0 Å². The summed E-state index contributed by atoms with van der Waals surface area (Å²) in [5.41, 5.74) is 2.02. The van der Waals surface area contributed by atoms with Crippen LogP contribution in [0.4, 0.5) is 0 Å². The molecule has 0 aliphatic rings. The smallest absolute Gasteiger partial charge is 0.153 e. The van der Waals surface area contributed by atoms with Gasteiger partial charge >= 0.3 is 0 Å². The Morgan fingerprint density at radius 2 is 2.15 bits per heavy atom. The molecule has 4 nitrogen and oxygen atoms in total. The Morgan fingerprint density at radius 3 is 2.90 bits per heavy atom. The summed E-state index contributed by atoms with van der Waals surface area (Å²) >= 11 is 1.53. The summed E-state index contributed by atoms with van der Waals surface area (Å²) in [6, 6.07) is 9.99. The van der Waals surface area contributed by atoms with Crippen LogP contribution in [0.3, 0.4) is 0 Å². The van der Waals surface area contributed by atoms with Gasteiger partial charge in [-0.1, -0.05) is 30.3 Å². The molecule has 1 aromatic carbocycles. The van der Waals surface area contributed by atoms with E-state index in [1.807, 2.05) is 35.7 Å². The van der Waals surface area contributed by atoms with Crippen molar-refractivity contribution in [1.29, 1.82) is 0 Å². The first-order valence-electron chi connectivity index (χ1n) is 6.51. The molecule has 0 atom stereocenters. The van der Waals surface area contributed by atoms with Crippen LogP contribution in [0.15, 0.2) is 35.7 Å². The molecule has 0 amide bonds. The summed E-state index contributed by atoms with van der Waals surface area (Å²) in [5.74, 6) is 0.148. The molecule has 0 aliphatic heterocycles. The van der Waals surface area contributed by atoms with Gasteiger partial charge in [0, 0.05) is 24.6 Å². The topological polar surface area (TPSA) is 51.2 Å². The minimum Gasteiger partial charge on any atom is -0.383 e. The van der Waals surface area contributed by atoms with Crippen molar-refractivity contribution >= 4 is 17.1 Å². The highest BCUT2D eigenvalue weighted by molar-refractivity contribution is 7.10. The van der Waals surface area contributed by atoms with Crippen molar-refractivity contribution in [3.05, 3.63) is 40.7 Å². The first-order chi connectivity index (χ1) is 9.79. The van der Waals surface area contributed by atoms with Crippen molar-refractivity contribution in [3.63, 3.8) is 0 Å². The molecule has 1 N–H and O–H groups in total. The van der Waals surface area contributed by atoms with E-state index in [9.17, 15) is 4.79 Å². The lowest BCUT2D eigenvalue weighted by molar-refractivity contribution is -0.117. The van der Waals surface area contributed by atoms with Crippen LogP contribution in [0.2, 0.25) is 0 Å². The molecule has 0 saturated carbocycles. The highest BCUT2D eigenvalue weighted by Gasteiger charge is 2.08. The van der Waals surface area contributed by atoms with Gasteiger partial charge in [-0.2, -0.15) is 0 Å². The summed E-state index contributed by atoms with van der Waals surface area (Å²) in [7, 11) is 1.64. The summed E-state index contributed by atoms with van der Waals surface area (Å²) in [4.78, 5) is 16.3. The molecular formula is C15H18N2O2S. The monoisotopic (exact) mass is 290 g/mol. The third-order valence-corrected chi connectivity index (χ3v) is 3.62. The molecule has 2 aromatic rings. The largest absolute Gasteiger partial charge is 0.383 e. The highest BCUT2D eigenvalue weighted by atomic mass is 32.1. The molecular weight excluding hydrogens is 272 g/mol. The second-order valence-electron chi connectivity index (χ2n) is 4.38. The minimum atomic E-state index is 0.148. The van der Waals surface area contributed by atoms with E-state index in [0.29, 0.717) is 26.1 Å². The van der Waals surface area contributed by atoms with Crippen molar-refractivity contribution in [2.75, 3.05) is 26.8 Å². The van der Waals surface area contributed by atoms with E-state index in [-0.39, 0.29) is 5.78 Å². The second kappa shape index (κ2) is 7.89. The number of methoxy groups -OCH3 is 1. The summed E-state index contributed by atoms with van der Waals surface area (Å²) in [6.07, 6.45) is 0.386. The Morgan fingerprint density at radius 1 is 1.35 bits per heavy atom. The summed E-state index contributed by atoms with van der Waals surface area (Å²) < 4.78 is 4.91. The van der Waals surface area contributed by atoms with Crippen molar-refractivity contribution in [1.82, 2.24) is 10.3 Å². The van der Waals surface area contributed by atoms with Gasteiger partial charge in [0.1, 0.15) is 5.01 Å². The first-order valence-corrected chi connectivity index (χ1v) is 7.38. The van der Waals surface area contributed by atoms with E-state index in [0.717, 1.165) is 16.3 Å². The predicted octanol–water partition coefficient (Wildman–Crippen LogP) is 2.16. The number of aromatic nitrogens is 1. The van der Waals surface area contributed by atoms with Crippen LogP contribution in [-0.4, -0.2) is 37.6 Å². The van der Waals surface area contributed by atoms with E-state index in [2.05, 4.69) is 10.3 Å². The Bertz CT molecular complexity index is 540. The zero-order valence-electron chi connectivity index (χ0n) is 11.5. The third-order valence-electron chi connectivity index (χ3n) is 2.77. The summed E-state index contributed by atoms with van der Waals surface area (Å²) in [6.45, 7) is 1.67. The van der Waals surface area contributed by atoms with Crippen LogP contribution < -0.4 is 5.32 Å². The molecule has 2 rings (SSSR count). The number of Topliss-reactive ketones (excluding diaryl/α,β-unsaturated/α-hetero) is 1. The molecule has 1 aromatic heterocycles. The normalized spacial score (nSPS) is 10.7.